The maximum atomic E-state index is 2.41. The molecule has 0 atom stereocenters. The van der Waals surface area contributed by atoms with E-state index in [1.165, 1.54) is 154 Å². The number of para-hydroxylation sites is 2. The molecule has 1 aliphatic rings. The van der Waals surface area contributed by atoms with Crippen molar-refractivity contribution in [2.24, 2.45) is 0 Å². The van der Waals surface area contributed by atoms with Gasteiger partial charge in [-0.25, -0.2) is 0 Å². The lowest BCUT2D eigenvalue weighted by molar-refractivity contribution is 0.590. The van der Waals surface area contributed by atoms with Gasteiger partial charge in [0.15, 0.2) is 0 Å². The lowest BCUT2D eigenvalue weighted by Gasteiger charge is -2.22. The minimum absolute atomic E-state index is 0.108. The number of aromatic nitrogens is 2. The van der Waals surface area contributed by atoms with Crippen molar-refractivity contribution in [2.75, 3.05) is 0 Å². The Morgan fingerprint density at radius 2 is 0.624 bits per heavy atom. The number of hydrogen-bond donors (Lipinski definition) is 0. The predicted molar refractivity (Wildman–Crippen MR) is 367 cm³/mol. The van der Waals surface area contributed by atoms with E-state index in [0.29, 0.717) is 0 Å². The van der Waals surface area contributed by atoms with E-state index in [0.717, 1.165) is 0 Å². The molecule has 1 aliphatic carbocycles. The Balaban J connectivity index is 0.638. The lowest BCUT2D eigenvalue weighted by atomic mass is 9.81. The van der Waals surface area contributed by atoms with Gasteiger partial charge in [0.1, 0.15) is 0 Å². The van der Waals surface area contributed by atoms with Gasteiger partial charge in [0.25, 0.3) is 0 Å². The monoisotopic (exact) mass is 1090 g/mol. The second-order valence-corrected chi connectivity index (χ2v) is 26.3. The first-order valence-electron chi connectivity index (χ1n) is 30.1. The predicted octanol–water partition coefficient (Wildman–Crippen LogP) is 22.8. The van der Waals surface area contributed by atoms with Crippen LogP contribution in [0.3, 0.4) is 0 Å². The van der Waals surface area contributed by atoms with E-state index >= 15 is 0 Å². The molecule has 0 amide bonds. The second-order valence-electron chi connectivity index (χ2n) is 26.3. The fourth-order valence-electron chi connectivity index (χ4n) is 13.5. The molecule has 410 valence electrons. The number of benzene rings is 12. The molecule has 0 unspecified atom stereocenters. The third-order valence-electron chi connectivity index (χ3n) is 18.4. The Kier molecular flexibility index (Phi) is 12.1. The highest BCUT2D eigenvalue weighted by Crippen LogP contribution is 2.50. The first-order chi connectivity index (χ1) is 41.1. The van der Waals surface area contributed by atoms with Crippen LogP contribution in [-0.4, -0.2) is 9.13 Å². The molecule has 12 aromatic carbocycles. The molecule has 2 heteroatoms. The molecule has 2 aromatic heterocycles. The third kappa shape index (κ3) is 9.11. The first-order valence-corrected chi connectivity index (χ1v) is 30.1. The molecular formula is C83H68N2. The number of fused-ring (bicyclic) bond motifs is 11. The zero-order valence-electron chi connectivity index (χ0n) is 49.8. The van der Waals surface area contributed by atoms with Gasteiger partial charge in [-0.2, -0.15) is 0 Å². The van der Waals surface area contributed by atoms with Gasteiger partial charge in [0.2, 0.25) is 0 Å². The molecule has 0 bridgehead atoms. The van der Waals surface area contributed by atoms with Crippen molar-refractivity contribution < 1.29 is 0 Å². The van der Waals surface area contributed by atoms with Crippen molar-refractivity contribution in [1.29, 1.82) is 0 Å². The van der Waals surface area contributed by atoms with Crippen LogP contribution in [0, 0.1) is 0 Å². The fourth-order valence-corrected chi connectivity index (χ4v) is 13.5. The molecule has 0 radical (unpaired) electrons. The number of rotatable bonds is 8. The third-order valence-corrected chi connectivity index (χ3v) is 18.4. The zero-order chi connectivity index (χ0) is 57.9. The summed E-state index contributed by atoms with van der Waals surface area (Å²) in [6.07, 6.45) is 9.05. The van der Waals surface area contributed by atoms with Crippen LogP contribution in [-0.2, 0) is 16.2 Å². The first kappa shape index (κ1) is 52.1. The van der Waals surface area contributed by atoms with E-state index in [4.69, 9.17) is 0 Å². The average molecular weight is 1090 g/mol. The van der Waals surface area contributed by atoms with Crippen molar-refractivity contribution in [3.05, 3.63) is 287 Å². The largest absolute Gasteiger partial charge is 0.309 e. The normalized spacial score (nSPS) is 13.4. The van der Waals surface area contributed by atoms with Crippen LogP contribution in [0.5, 0.6) is 0 Å². The molecule has 0 aliphatic heterocycles. The topological polar surface area (TPSA) is 9.86 Å². The van der Waals surface area contributed by atoms with Crippen LogP contribution in [0.2, 0.25) is 0 Å². The molecule has 2 nitrogen and oxygen atoms in total. The van der Waals surface area contributed by atoms with Gasteiger partial charge in [-0.3, -0.25) is 0 Å². The van der Waals surface area contributed by atoms with Crippen molar-refractivity contribution in [2.45, 2.75) is 71.6 Å². The second kappa shape index (κ2) is 19.7. The summed E-state index contributed by atoms with van der Waals surface area (Å²) in [7, 11) is 0. The number of nitrogens with zero attached hydrogens (tertiary/aromatic N) is 2. The summed E-state index contributed by atoms with van der Waals surface area (Å²) < 4.78 is 4.81. The molecule has 15 rings (SSSR count). The summed E-state index contributed by atoms with van der Waals surface area (Å²) in [6.45, 7) is 18.4. The van der Waals surface area contributed by atoms with Gasteiger partial charge >= 0.3 is 0 Å². The Hall–Kier alpha value is -9.76. The fraction of sp³-hybridized carbons (Fsp3) is 0.133. The SMILES string of the molecule is CC(C)(C)c1ccc(-n2c3ccccc3c3cc(-c4ccc5cc(/C=C/c6ccc7c(c6)C(C)(C)c6cc(/C=C/c8ccc9cc(-c%10ccc%11c(c%10)c%10ccccc%10n%11-c%10ccc(C(C)(C)C)cc%10)ccc9c8)ccc6-7)ccc5c4)ccc32)cc1. The van der Waals surface area contributed by atoms with E-state index in [-0.39, 0.29) is 16.2 Å². The van der Waals surface area contributed by atoms with Crippen molar-refractivity contribution in [3.63, 3.8) is 0 Å². The van der Waals surface area contributed by atoms with Gasteiger partial charge in [-0.05, 0) is 195 Å². The smallest absolute Gasteiger partial charge is 0.0541 e. The van der Waals surface area contributed by atoms with E-state index in [1.54, 1.807) is 0 Å². The highest BCUT2D eigenvalue weighted by atomic mass is 15.0. The summed E-state index contributed by atoms with van der Waals surface area (Å²) in [5, 5.41) is 10.0. The van der Waals surface area contributed by atoms with E-state index in [2.05, 4.69) is 331 Å². The van der Waals surface area contributed by atoms with Crippen LogP contribution in [0.15, 0.2) is 243 Å². The summed E-state index contributed by atoms with van der Waals surface area (Å²) in [4.78, 5) is 0. The van der Waals surface area contributed by atoms with Gasteiger partial charge < -0.3 is 9.13 Å². The van der Waals surface area contributed by atoms with Gasteiger partial charge in [0.05, 0.1) is 22.1 Å². The molecule has 0 saturated heterocycles. The van der Waals surface area contributed by atoms with Crippen LogP contribution < -0.4 is 0 Å². The Morgan fingerprint density at radius 3 is 1.04 bits per heavy atom. The molecule has 14 aromatic rings. The number of hydrogen-bond acceptors (Lipinski definition) is 0. The van der Waals surface area contributed by atoms with E-state index in [9.17, 15) is 0 Å². The van der Waals surface area contributed by atoms with Gasteiger partial charge in [-0.1, -0.05) is 237 Å². The van der Waals surface area contributed by atoms with Crippen LogP contribution in [0.1, 0.15) is 99.9 Å². The van der Waals surface area contributed by atoms with Gasteiger partial charge in [-0.15, -0.1) is 0 Å². The maximum Gasteiger partial charge on any atom is 0.0541 e. The standard InChI is InChI=1S/C83H68N2/c1-81(2,3)65-33-37-67(38-34-65)84-77-15-11-9-13-71(77)73-51-63(31-43-79(73)84)61-29-27-57-45-53(21-25-59(57)49-61)17-19-55-23-41-69-70-42-24-56(48-76(70)83(7,8)75(69)47-55)20-18-54-22-26-60-50-62(30-28-58(60)46-54)64-32-44-80-74(52-64)72-14-10-12-16-78(72)85(80)68-39-35-66(36-40-68)82(4,5)6/h9-52H,1-8H3/b19-17+,20-18+. The lowest BCUT2D eigenvalue weighted by Crippen LogP contribution is -2.15. The molecule has 0 N–H and O–H groups in total. The van der Waals surface area contributed by atoms with Crippen LogP contribution in [0.25, 0.3) is 134 Å². The molecule has 0 fully saturated rings. The van der Waals surface area contributed by atoms with E-state index in [1.807, 2.05) is 0 Å². The Morgan fingerprint density at radius 1 is 0.294 bits per heavy atom. The minimum Gasteiger partial charge on any atom is -0.309 e. The van der Waals surface area contributed by atoms with Crippen LogP contribution in [0.4, 0.5) is 0 Å². The zero-order valence-corrected chi connectivity index (χ0v) is 49.8. The highest BCUT2D eigenvalue weighted by molar-refractivity contribution is 6.12. The van der Waals surface area contributed by atoms with E-state index < -0.39 is 0 Å². The molecule has 0 spiro atoms. The summed E-state index contributed by atoms with van der Waals surface area (Å²) in [6, 6.07) is 91.1. The molecular weight excluding hydrogens is 1020 g/mol. The van der Waals surface area contributed by atoms with Crippen molar-refractivity contribution >= 4 is 89.5 Å². The van der Waals surface area contributed by atoms with Crippen molar-refractivity contribution in [3.8, 4) is 44.8 Å². The Bertz CT molecular complexity index is 4750. The Labute approximate surface area is 499 Å². The minimum atomic E-state index is -0.139. The summed E-state index contributed by atoms with van der Waals surface area (Å²) in [5.74, 6) is 0. The summed E-state index contributed by atoms with van der Waals surface area (Å²) in [5.41, 5.74) is 25.1. The quantitative estimate of drug-likeness (QED) is 0.134. The average Bonchev–Trinajstić information content (AvgIpc) is 1.75. The van der Waals surface area contributed by atoms with Crippen LogP contribution >= 0.6 is 0 Å². The summed E-state index contributed by atoms with van der Waals surface area (Å²) >= 11 is 0. The maximum absolute atomic E-state index is 2.41. The molecule has 2 heterocycles. The molecule has 85 heavy (non-hydrogen) atoms. The molecule has 0 saturated carbocycles. The van der Waals surface area contributed by atoms with Gasteiger partial charge in [0, 0.05) is 38.3 Å². The van der Waals surface area contributed by atoms with Crippen molar-refractivity contribution in [1.82, 2.24) is 9.13 Å². The highest BCUT2D eigenvalue weighted by Gasteiger charge is 2.35.